The average Bonchev–Trinajstić information content (AvgIpc) is 3.01. The van der Waals surface area contributed by atoms with E-state index in [2.05, 4.69) is 29.9 Å². The van der Waals surface area contributed by atoms with Crippen molar-refractivity contribution in [3.05, 3.63) is 91.0 Å². The zero-order valence-electron chi connectivity index (χ0n) is 14.8. The highest BCUT2D eigenvalue weighted by atomic mass is 32.1. The molecular formula is C22H21N2OS+. The highest BCUT2D eigenvalue weighted by molar-refractivity contribution is 7.19. The van der Waals surface area contributed by atoms with Crippen molar-refractivity contribution in [2.24, 2.45) is 0 Å². The Morgan fingerprint density at radius 2 is 1.81 bits per heavy atom. The number of hydrogen-bond donors (Lipinski definition) is 0. The molecule has 1 heterocycles. The van der Waals surface area contributed by atoms with Crippen LogP contribution in [0.2, 0.25) is 0 Å². The van der Waals surface area contributed by atoms with Crippen LogP contribution < -0.4 is 9.47 Å². The highest BCUT2D eigenvalue weighted by Gasteiger charge is 2.29. The Morgan fingerprint density at radius 3 is 2.46 bits per heavy atom. The Balaban J connectivity index is 2.26. The molecule has 0 spiro atoms. The summed E-state index contributed by atoms with van der Waals surface area (Å²) in [5.74, 6) is -0.0492. The van der Waals surface area contributed by atoms with Gasteiger partial charge in [0, 0.05) is 18.7 Å². The van der Waals surface area contributed by atoms with Gasteiger partial charge in [0.05, 0.1) is 0 Å². The van der Waals surface area contributed by atoms with Crippen LogP contribution in [-0.2, 0) is 11.3 Å². The summed E-state index contributed by atoms with van der Waals surface area (Å²) >= 11 is 1.66. The van der Waals surface area contributed by atoms with Crippen LogP contribution in [0.1, 0.15) is 11.9 Å². The lowest BCUT2D eigenvalue weighted by atomic mass is 10.2. The van der Waals surface area contributed by atoms with Gasteiger partial charge >= 0.3 is 0 Å². The molecule has 4 heteroatoms. The van der Waals surface area contributed by atoms with Crippen LogP contribution in [0.4, 0.5) is 5.69 Å². The number of carbonyl (C=O) groups is 1. The van der Waals surface area contributed by atoms with Crippen molar-refractivity contribution in [3.8, 4) is 0 Å². The Labute approximate surface area is 157 Å². The third-order valence-corrected chi connectivity index (χ3v) is 5.17. The number of hydrogen-bond acceptors (Lipinski definition) is 2. The molecule has 0 aliphatic heterocycles. The molecule has 0 saturated heterocycles. The summed E-state index contributed by atoms with van der Waals surface area (Å²) in [5, 5.41) is 0.991. The SMILES string of the molecule is C=CC=C(c1sc2ccccc2[n+]1CC=C)N(C(C)=O)c1ccccc1. The lowest BCUT2D eigenvalue weighted by molar-refractivity contribution is -0.658. The van der Waals surface area contributed by atoms with Gasteiger partial charge in [-0.25, -0.2) is 0 Å². The van der Waals surface area contributed by atoms with Crippen LogP contribution in [-0.4, -0.2) is 5.91 Å². The largest absolute Gasteiger partial charge is 0.287 e. The standard InChI is InChI=1S/C22H21N2OS/c1-4-11-20(24(17(3)25)18-12-7-6-8-13-18)22-23(16-5-2)19-14-9-10-15-21(19)26-22/h4-15H,1-2,16H2,3H3/q+1. The van der Waals surface area contributed by atoms with Crippen molar-refractivity contribution < 1.29 is 9.36 Å². The molecule has 3 nitrogen and oxygen atoms in total. The van der Waals surface area contributed by atoms with Gasteiger partial charge in [-0.05, 0) is 30.4 Å². The minimum atomic E-state index is -0.0492. The van der Waals surface area contributed by atoms with Gasteiger partial charge in [-0.3, -0.25) is 9.69 Å². The molecule has 0 N–H and O–H groups in total. The molecule has 0 radical (unpaired) electrons. The smallest absolute Gasteiger partial charge is 0.274 e. The van der Waals surface area contributed by atoms with E-state index >= 15 is 0 Å². The van der Waals surface area contributed by atoms with Crippen molar-refractivity contribution in [2.45, 2.75) is 13.5 Å². The predicted molar refractivity (Wildman–Crippen MR) is 110 cm³/mol. The number of benzene rings is 2. The normalized spacial score (nSPS) is 11.3. The van der Waals surface area contributed by atoms with Crippen LogP contribution in [0.15, 0.2) is 86.0 Å². The van der Waals surface area contributed by atoms with Crippen molar-refractivity contribution in [1.82, 2.24) is 0 Å². The zero-order valence-corrected chi connectivity index (χ0v) is 15.6. The summed E-state index contributed by atoms with van der Waals surface area (Å²) in [5.41, 5.74) is 2.76. The summed E-state index contributed by atoms with van der Waals surface area (Å²) < 4.78 is 3.34. The van der Waals surface area contributed by atoms with Gasteiger partial charge in [0.25, 0.3) is 5.01 Å². The van der Waals surface area contributed by atoms with E-state index < -0.39 is 0 Å². The average molecular weight is 361 g/mol. The fourth-order valence-corrected chi connectivity index (χ4v) is 4.14. The van der Waals surface area contributed by atoms with E-state index in [1.54, 1.807) is 29.2 Å². The number of allylic oxidation sites excluding steroid dienone is 3. The molecule has 3 aromatic rings. The topological polar surface area (TPSA) is 24.2 Å². The molecule has 26 heavy (non-hydrogen) atoms. The van der Waals surface area contributed by atoms with Gasteiger partial charge in [0.2, 0.25) is 11.4 Å². The molecule has 0 bridgehead atoms. The van der Waals surface area contributed by atoms with Crippen molar-refractivity contribution in [3.63, 3.8) is 0 Å². The first-order valence-corrected chi connectivity index (χ1v) is 9.20. The molecule has 0 aliphatic rings. The second kappa shape index (κ2) is 7.93. The Hall–Kier alpha value is -2.98. The van der Waals surface area contributed by atoms with Gasteiger partial charge in [-0.15, -0.1) is 0 Å². The molecule has 0 saturated carbocycles. The lowest BCUT2D eigenvalue weighted by Crippen LogP contribution is -2.39. The molecule has 130 valence electrons. The maximum Gasteiger partial charge on any atom is 0.287 e. The molecule has 2 aromatic carbocycles. The van der Waals surface area contributed by atoms with Crippen LogP contribution >= 0.6 is 11.3 Å². The minimum Gasteiger partial charge on any atom is -0.274 e. The maximum absolute atomic E-state index is 12.5. The Bertz CT molecular complexity index is 986. The summed E-state index contributed by atoms with van der Waals surface area (Å²) in [4.78, 5) is 14.3. The fourth-order valence-electron chi connectivity index (χ4n) is 2.96. The number of nitrogens with zero attached hydrogens (tertiary/aromatic N) is 2. The number of rotatable bonds is 6. The van der Waals surface area contributed by atoms with E-state index in [1.807, 2.05) is 54.6 Å². The number of amides is 1. The molecule has 0 atom stereocenters. The Kier molecular flexibility index (Phi) is 5.44. The van der Waals surface area contributed by atoms with E-state index in [1.165, 1.54) is 0 Å². The van der Waals surface area contributed by atoms with Crippen molar-refractivity contribution >= 4 is 38.8 Å². The fraction of sp³-hybridized carbons (Fsp3) is 0.0909. The van der Waals surface area contributed by atoms with Gasteiger partial charge < -0.3 is 0 Å². The maximum atomic E-state index is 12.5. The minimum absolute atomic E-state index is 0.0492. The van der Waals surface area contributed by atoms with Crippen molar-refractivity contribution in [1.29, 1.82) is 0 Å². The molecular weight excluding hydrogens is 340 g/mol. The van der Waals surface area contributed by atoms with E-state index in [0.29, 0.717) is 6.54 Å². The lowest BCUT2D eigenvalue weighted by Gasteiger charge is -2.21. The summed E-state index contributed by atoms with van der Waals surface area (Å²) in [6, 6.07) is 17.9. The second-order valence-corrected chi connectivity index (χ2v) is 6.78. The summed E-state index contributed by atoms with van der Waals surface area (Å²) in [6.07, 6.45) is 5.48. The molecule has 1 aromatic heterocycles. The predicted octanol–water partition coefficient (Wildman–Crippen LogP) is 4.95. The van der Waals surface area contributed by atoms with Gasteiger partial charge in [-0.1, -0.05) is 60.9 Å². The number of carbonyl (C=O) groups excluding carboxylic acids is 1. The molecule has 0 unspecified atom stereocenters. The number of para-hydroxylation sites is 2. The molecule has 1 amide bonds. The van der Waals surface area contributed by atoms with E-state index in [4.69, 9.17) is 0 Å². The third-order valence-electron chi connectivity index (χ3n) is 3.98. The van der Waals surface area contributed by atoms with Gasteiger partial charge in [0.15, 0.2) is 6.54 Å². The van der Waals surface area contributed by atoms with E-state index in [-0.39, 0.29) is 5.91 Å². The van der Waals surface area contributed by atoms with E-state index in [9.17, 15) is 4.79 Å². The summed E-state index contributed by atoms with van der Waals surface area (Å²) in [7, 11) is 0. The first kappa shape index (κ1) is 17.8. The van der Waals surface area contributed by atoms with Crippen LogP contribution in [0.3, 0.4) is 0 Å². The quantitative estimate of drug-likeness (QED) is 0.346. The van der Waals surface area contributed by atoms with E-state index in [0.717, 1.165) is 26.6 Å². The molecule has 0 aliphatic carbocycles. The van der Waals surface area contributed by atoms with Crippen LogP contribution in [0, 0.1) is 0 Å². The summed E-state index contributed by atoms with van der Waals surface area (Å²) in [6.45, 7) is 9.98. The van der Waals surface area contributed by atoms with Gasteiger partial charge in [-0.2, -0.15) is 4.57 Å². The molecule has 3 rings (SSSR count). The first-order valence-electron chi connectivity index (χ1n) is 8.38. The number of anilines is 1. The van der Waals surface area contributed by atoms with Gasteiger partial charge in [0.1, 0.15) is 10.4 Å². The third kappa shape index (κ3) is 3.37. The van der Waals surface area contributed by atoms with Crippen molar-refractivity contribution in [2.75, 3.05) is 4.90 Å². The number of thiazole rings is 1. The first-order chi connectivity index (χ1) is 12.7. The van der Waals surface area contributed by atoms with Crippen LogP contribution in [0.5, 0.6) is 0 Å². The monoisotopic (exact) mass is 361 g/mol. The number of fused-ring (bicyclic) bond motifs is 1. The highest BCUT2D eigenvalue weighted by Crippen LogP contribution is 2.31. The number of aromatic nitrogens is 1. The zero-order chi connectivity index (χ0) is 18.5. The molecule has 0 fully saturated rings. The van der Waals surface area contributed by atoms with Crippen LogP contribution in [0.25, 0.3) is 15.9 Å². The second-order valence-electron chi connectivity index (χ2n) is 5.75. The Morgan fingerprint density at radius 1 is 1.12 bits per heavy atom.